The lowest BCUT2D eigenvalue weighted by atomic mass is 10.0. The Balaban J connectivity index is 2.12. The number of anilines is 1. The molecule has 3 heteroatoms. The number of hydrogen-bond acceptors (Lipinski definition) is 2. The van der Waals surface area contributed by atoms with Crippen LogP contribution in [-0.4, -0.2) is 13.0 Å². The van der Waals surface area contributed by atoms with Crippen molar-refractivity contribution in [2.24, 2.45) is 0 Å². The molecule has 3 nitrogen and oxygen atoms in total. The van der Waals surface area contributed by atoms with E-state index in [0.717, 1.165) is 22.6 Å². The van der Waals surface area contributed by atoms with E-state index in [2.05, 4.69) is 19.2 Å². The first-order valence-electron chi connectivity index (χ1n) is 7.33. The molecule has 114 valence electrons. The molecule has 2 rings (SSSR count). The number of hydrogen-bond donors (Lipinski definition) is 1. The summed E-state index contributed by atoms with van der Waals surface area (Å²) in [6.07, 6.45) is 3.28. The smallest absolute Gasteiger partial charge is 0.248 e. The van der Waals surface area contributed by atoms with Crippen LogP contribution in [0.25, 0.3) is 6.08 Å². The van der Waals surface area contributed by atoms with Gasteiger partial charge in [-0.2, -0.15) is 0 Å². The van der Waals surface area contributed by atoms with Crippen LogP contribution in [0.2, 0.25) is 0 Å². The van der Waals surface area contributed by atoms with Crippen molar-refractivity contribution >= 4 is 17.7 Å². The summed E-state index contributed by atoms with van der Waals surface area (Å²) < 4.78 is 5.26. The van der Waals surface area contributed by atoms with E-state index in [1.165, 1.54) is 6.08 Å². The molecule has 0 radical (unpaired) electrons. The number of ether oxygens (including phenoxy) is 1. The van der Waals surface area contributed by atoms with E-state index < -0.39 is 0 Å². The molecular weight excluding hydrogens is 274 g/mol. The van der Waals surface area contributed by atoms with Gasteiger partial charge in [-0.05, 0) is 29.7 Å². The number of carbonyl (C=O) groups excluding carboxylic acids is 1. The second-order valence-electron chi connectivity index (χ2n) is 5.31. The van der Waals surface area contributed by atoms with E-state index in [-0.39, 0.29) is 5.91 Å². The fourth-order valence-electron chi connectivity index (χ4n) is 2.26. The van der Waals surface area contributed by atoms with Gasteiger partial charge in [0.1, 0.15) is 5.75 Å². The van der Waals surface area contributed by atoms with E-state index in [1.807, 2.05) is 48.5 Å². The molecule has 0 aliphatic carbocycles. The molecule has 1 N–H and O–H groups in total. The highest BCUT2D eigenvalue weighted by atomic mass is 16.5. The Morgan fingerprint density at radius 1 is 1.09 bits per heavy atom. The van der Waals surface area contributed by atoms with Crippen LogP contribution in [0.5, 0.6) is 5.75 Å². The maximum Gasteiger partial charge on any atom is 0.248 e. The number of rotatable bonds is 5. The average molecular weight is 295 g/mol. The minimum atomic E-state index is -0.154. The zero-order chi connectivity index (χ0) is 15.9. The largest absolute Gasteiger partial charge is 0.496 e. The van der Waals surface area contributed by atoms with Crippen LogP contribution in [0.15, 0.2) is 54.6 Å². The molecular formula is C19H21NO2. The predicted molar refractivity (Wildman–Crippen MR) is 91.2 cm³/mol. The van der Waals surface area contributed by atoms with Gasteiger partial charge in [-0.15, -0.1) is 0 Å². The number of nitrogens with one attached hydrogen (secondary N) is 1. The summed E-state index contributed by atoms with van der Waals surface area (Å²) in [6.45, 7) is 4.21. The van der Waals surface area contributed by atoms with Gasteiger partial charge < -0.3 is 10.1 Å². The first-order valence-corrected chi connectivity index (χ1v) is 7.33. The number of benzene rings is 2. The van der Waals surface area contributed by atoms with Gasteiger partial charge in [-0.25, -0.2) is 0 Å². The van der Waals surface area contributed by atoms with Crippen molar-refractivity contribution in [3.05, 3.63) is 65.7 Å². The summed E-state index contributed by atoms with van der Waals surface area (Å²) >= 11 is 0. The van der Waals surface area contributed by atoms with E-state index >= 15 is 0 Å². The molecule has 2 aromatic rings. The SMILES string of the molecule is COc1ccccc1C=CC(=O)Nc1ccccc1C(C)C. The summed E-state index contributed by atoms with van der Waals surface area (Å²) in [5, 5.41) is 2.93. The first-order chi connectivity index (χ1) is 10.6. The van der Waals surface area contributed by atoms with E-state index in [9.17, 15) is 4.79 Å². The Kier molecular flexibility index (Phi) is 5.37. The van der Waals surface area contributed by atoms with Crippen molar-refractivity contribution in [1.82, 2.24) is 0 Å². The summed E-state index contributed by atoms with van der Waals surface area (Å²) in [4.78, 5) is 12.1. The lowest BCUT2D eigenvalue weighted by Crippen LogP contribution is -2.10. The summed E-state index contributed by atoms with van der Waals surface area (Å²) in [5.41, 5.74) is 2.85. The van der Waals surface area contributed by atoms with Crippen LogP contribution < -0.4 is 10.1 Å². The van der Waals surface area contributed by atoms with Crippen LogP contribution in [0.4, 0.5) is 5.69 Å². The lowest BCUT2D eigenvalue weighted by molar-refractivity contribution is -0.111. The van der Waals surface area contributed by atoms with E-state index in [0.29, 0.717) is 5.92 Å². The molecule has 0 aliphatic heterocycles. The molecule has 22 heavy (non-hydrogen) atoms. The third kappa shape index (κ3) is 3.98. The van der Waals surface area contributed by atoms with Crippen molar-refractivity contribution in [2.75, 3.05) is 12.4 Å². The second-order valence-corrected chi connectivity index (χ2v) is 5.31. The maximum absolute atomic E-state index is 12.1. The van der Waals surface area contributed by atoms with Gasteiger partial charge in [0.15, 0.2) is 0 Å². The number of para-hydroxylation sites is 2. The van der Waals surface area contributed by atoms with Crippen LogP contribution in [0.1, 0.15) is 30.9 Å². The third-order valence-corrected chi connectivity index (χ3v) is 3.39. The van der Waals surface area contributed by atoms with Crippen molar-refractivity contribution < 1.29 is 9.53 Å². The molecule has 0 atom stereocenters. The number of carbonyl (C=O) groups is 1. The van der Waals surface area contributed by atoms with E-state index in [4.69, 9.17) is 4.74 Å². The summed E-state index contributed by atoms with van der Waals surface area (Å²) in [6, 6.07) is 15.4. The van der Waals surface area contributed by atoms with Gasteiger partial charge in [0.05, 0.1) is 7.11 Å². The van der Waals surface area contributed by atoms with Crippen molar-refractivity contribution in [1.29, 1.82) is 0 Å². The van der Waals surface area contributed by atoms with Gasteiger partial charge in [0, 0.05) is 17.3 Å². The van der Waals surface area contributed by atoms with Crippen LogP contribution in [-0.2, 0) is 4.79 Å². The maximum atomic E-state index is 12.1. The molecule has 0 saturated carbocycles. The molecule has 0 fully saturated rings. The van der Waals surface area contributed by atoms with Crippen molar-refractivity contribution in [2.45, 2.75) is 19.8 Å². The summed E-state index contributed by atoms with van der Waals surface area (Å²) in [5.74, 6) is 0.947. The third-order valence-electron chi connectivity index (χ3n) is 3.39. The molecule has 0 saturated heterocycles. The second kappa shape index (κ2) is 7.46. The van der Waals surface area contributed by atoms with Gasteiger partial charge >= 0.3 is 0 Å². The number of amides is 1. The molecule has 0 spiro atoms. The first kappa shape index (κ1) is 15.8. The highest BCUT2D eigenvalue weighted by Crippen LogP contribution is 2.24. The van der Waals surface area contributed by atoms with Gasteiger partial charge in [0.25, 0.3) is 0 Å². The topological polar surface area (TPSA) is 38.3 Å². The molecule has 0 bridgehead atoms. The average Bonchev–Trinajstić information content (AvgIpc) is 2.53. The van der Waals surface area contributed by atoms with Gasteiger partial charge in [-0.1, -0.05) is 50.2 Å². The number of methoxy groups -OCH3 is 1. The van der Waals surface area contributed by atoms with Crippen molar-refractivity contribution in [3.8, 4) is 5.75 Å². The minimum absolute atomic E-state index is 0.154. The van der Waals surface area contributed by atoms with Crippen LogP contribution in [0.3, 0.4) is 0 Å². The molecule has 0 heterocycles. The highest BCUT2D eigenvalue weighted by Gasteiger charge is 2.07. The molecule has 0 unspecified atom stereocenters. The minimum Gasteiger partial charge on any atom is -0.496 e. The fourth-order valence-corrected chi connectivity index (χ4v) is 2.26. The zero-order valence-corrected chi connectivity index (χ0v) is 13.2. The molecule has 1 amide bonds. The predicted octanol–water partition coefficient (Wildman–Crippen LogP) is 4.47. The molecule has 2 aromatic carbocycles. The Morgan fingerprint density at radius 3 is 2.50 bits per heavy atom. The van der Waals surface area contributed by atoms with Gasteiger partial charge in [0.2, 0.25) is 5.91 Å². The Labute approximate surface area is 131 Å². The standard InChI is InChI=1S/C19H21NO2/c1-14(2)16-9-5-6-10-17(16)20-19(21)13-12-15-8-4-7-11-18(15)22-3/h4-14H,1-3H3,(H,20,21). The Bertz CT molecular complexity index is 675. The zero-order valence-electron chi connectivity index (χ0n) is 13.2. The Morgan fingerprint density at radius 2 is 1.77 bits per heavy atom. The quantitative estimate of drug-likeness (QED) is 0.826. The monoisotopic (exact) mass is 295 g/mol. The van der Waals surface area contributed by atoms with Crippen molar-refractivity contribution in [3.63, 3.8) is 0 Å². The van der Waals surface area contributed by atoms with Crippen LogP contribution >= 0.6 is 0 Å². The van der Waals surface area contributed by atoms with E-state index in [1.54, 1.807) is 13.2 Å². The highest BCUT2D eigenvalue weighted by molar-refractivity contribution is 6.02. The Hall–Kier alpha value is -2.55. The normalized spacial score (nSPS) is 10.9. The molecule has 0 aliphatic rings. The molecule has 0 aromatic heterocycles. The lowest BCUT2D eigenvalue weighted by Gasteiger charge is -2.12. The summed E-state index contributed by atoms with van der Waals surface area (Å²) in [7, 11) is 1.62. The van der Waals surface area contributed by atoms with Gasteiger partial charge in [-0.3, -0.25) is 4.79 Å². The fraction of sp³-hybridized carbons (Fsp3) is 0.211. The van der Waals surface area contributed by atoms with Crippen LogP contribution in [0, 0.1) is 0 Å².